The first kappa shape index (κ1) is 27.4. The van der Waals surface area contributed by atoms with Gasteiger partial charge in [-0.3, -0.25) is 10.2 Å². The van der Waals surface area contributed by atoms with E-state index in [-0.39, 0.29) is 5.92 Å². The van der Waals surface area contributed by atoms with Crippen molar-refractivity contribution < 1.29 is 18.3 Å². The van der Waals surface area contributed by atoms with E-state index in [1.807, 2.05) is 37.3 Å². The molecule has 40 heavy (non-hydrogen) atoms. The number of aromatic nitrogens is 4. The standard InChI is InChI=1S/C29H31F2N7O2/c1-18-27(21-14-32-19(2)33-15-21)36-38(24-7-5-4-6-8-24)28(18)35-29(39)34-26-17-37(9-10-40-3)16-25(26)20-11-22(30)13-23(31)12-20/h4-8,11-15,25-26H,9-10,16-17H2,1-3H3,(H2,34,35,39)/t25-,26+/m0/s1. The van der Waals surface area contributed by atoms with Crippen LogP contribution in [0, 0.1) is 25.5 Å². The number of rotatable bonds is 8. The first-order valence-electron chi connectivity index (χ1n) is 13.0. The number of hydrogen-bond donors (Lipinski definition) is 2. The highest BCUT2D eigenvalue weighted by Gasteiger charge is 2.35. The van der Waals surface area contributed by atoms with Gasteiger partial charge in [0.2, 0.25) is 0 Å². The molecule has 1 saturated heterocycles. The lowest BCUT2D eigenvalue weighted by atomic mass is 9.94. The van der Waals surface area contributed by atoms with Gasteiger partial charge in [-0.1, -0.05) is 18.2 Å². The Hall–Kier alpha value is -4.22. The van der Waals surface area contributed by atoms with E-state index in [0.717, 1.165) is 22.9 Å². The molecule has 208 valence electrons. The average molecular weight is 548 g/mol. The number of likely N-dealkylation sites (tertiary alicyclic amines) is 1. The predicted molar refractivity (Wildman–Crippen MR) is 147 cm³/mol. The first-order chi connectivity index (χ1) is 19.3. The van der Waals surface area contributed by atoms with E-state index >= 15 is 0 Å². The van der Waals surface area contributed by atoms with Crippen LogP contribution in [-0.2, 0) is 4.74 Å². The number of aryl methyl sites for hydroxylation is 1. The number of carbonyl (C=O) groups is 1. The maximum absolute atomic E-state index is 14.1. The molecule has 2 amide bonds. The molecule has 2 atom stereocenters. The number of halogens is 2. The van der Waals surface area contributed by atoms with Gasteiger partial charge in [-0.2, -0.15) is 5.10 Å². The van der Waals surface area contributed by atoms with Crippen molar-refractivity contribution in [2.75, 3.05) is 38.7 Å². The molecule has 0 spiro atoms. The largest absolute Gasteiger partial charge is 0.383 e. The van der Waals surface area contributed by atoms with E-state index in [1.54, 1.807) is 31.1 Å². The minimum atomic E-state index is -0.649. The van der Waals surface area contributed by atoms with E-state index in [0.29, 0.717) is 49.1 Å². The van der Waals surface area contributed by atoms with Crippen molar-refractivity contribution in [2.45, 2.75) is 25.8 Å². The molecule has 2 aromatic heterocycles. The number of nitrogens with zero attached hydrogens (tertiary/aromatic N) is 5. The second kappa shape index (κ2) is 11.9. The summed E-state index contributed by atoms with van der Waals surface area (Å²) in [6.07, 6.45) is 3.40. The third-order valence-corrected chi connectivity index (χ3v) is 7.05. The Labute approximate surface area is 231 Å². The van der Waals surface area contributed by atoms with Crippen LogP contribution in [0.5, 0.6) is 0 Å². The first-order valence-corrected chi connectivity index (χ1v) is 13.0. The van der Waals surface area contributed by atoms with Gasteiger partial charge in [0, 0.05) is 62.2 Å². The second-order valence-electron chi connectivity index (χ2n) is 9.86. The number of benzene rings is 2. The Morgan fingerprint density at radius 2 is 1.75 bits per heavy atom. The van der Waals surface area contributed by atoms with E-state index in [2.05, 4.69) is 25.5 Å². The number of amides is 2. The summed E-state index contributed by atoms with van der Waals surface area (Å²) >= 11 is 0. The molecule has 0 unspecified atom stereocenters. The Morgan fingerprint density at radius 1 is 1.05 bits per heavy atom. The highest BCUT2D eigenvalue weighted by molar-refractivity contribution is 5.91. The van der Waals surface area contributed by atoms with Gasteiger partial charge in [0.1, 0.15) is 29.0 Å². The lowest BCUT2D eigenvalue weighted by Crippen LogP contribution is -2.42. The maximum atomic E-state index is 14.1. The van der Waals surface area contributed by atoms with Crippen LogP contribution >= 0.6 is 0 Å². The van der Waals surface area contributed by atoms with Crippen LogP contribution in [-0.4, -0.2) is 70.1 Å². The maximum Gasteiger partial charge on any atom is 0.320 e. The van der Waals surface area contributed by atoms with Gasteiger partial charge in [0.15, 0.2) is 0 Å². The topological polar surface area (TPSA) is 97.2 Å². The second-order valence-corrected chi connectivity index (χ2v) is 9.86. The number of methoxy groups -OCH3 is 1. The summed E-state index contributed by atoms with van der Waals surface area (Å²) in [5, 5.41) is 10.8. The molecule has 0 aliphatic carbocycles. The summed E-state index contributed by atoms with van der Waals surface area (Å²) in [6, 6.07) is 12.1. The molecule has 2 N–H and O–H groups in total. The summed E-state index contributed by atoms with van der Waals surface area (Å²) in [5.74, 6) is -0.479. The quantitative estimate of drug-likeness (QED) is 0.338. The van der Waals surface area contributed by atoms with Crippen LogP contribution in [0.3, 0.4) is 0 Å². The molecular formula is C29H31F2N7O2. The fourth-order valence-corrected chi connectivity index (χ4v) is 5.06. The van der Waals surface area contributed by atoms with Gasteiger partial charge in [-0.25, -0.2) is 28.2 Å². The van der Waals surface area contributed by atoms with Gasteiger partial charge in [0.05, 0.1) is 18.3 Å². The molecule has 9 nitrogen and oxygen atoms in total. The third kappa shape index (κ3) is 6.00. The zero-order chi connectivity index (χ0) is 28.2. The third-order valence-electron chi connectivity index (χ3n) is 7.05. The van der Waals surface area contributed by atoms with Gasteiger partial charge >= 0.3 is 6.03 Å². The number of anilines is 1. The summed E-state index contributed by atoms with van der Waals surface area (Å²) < 4.78 is 35.0. The van der Waals surface area contributed by atoms with Crippen molar-refractivity contribution in [2.24, 2.45) is 0 Å². The average Bonchev–Trinajstić information content (AvgIpc) is 3.48. The molecule has 0 bridgehead atoms. The Balaban J connectivity index is 1.43. The highest BCUT2D eigenvalue weighted by Crippen LogP contribution is 2.31. The number of hydrogen-bond acceptors (Lipinski definition) is 6. The predicted octanol–water partition coefficient (Wildman–Crippen LogP) is 4.46. The van der Waals surface area contributed by atoms with Crippen LogP contribution in [0.4, 0.5) is 19.4 Å². The van der Waals surface area contributed by atoms with Crippen molar-refractivity contribution >= 4 is 11.8 Å². The Morgan fingerprint density at radius 3 is 2.42 bits per heavy atom. The number of carbonyl (C=O) groups excluding carboxylic acids is 1. The van der Waals surface area contributed by atoms with Gasteiger partial charge < -0.3 is 10.1 Å². The minimum absolute atomic E-state index is 0.312. The van der Waals surface area contributed by atoms with Crippen LogP contribution in [0.2, 0.25) is 0 Å². The van der Waals surface area contributed by atoms with Crippen molar-refractivity contribution in [3.8, 4) is 16.9 Å². The summed E-state index contributed by atoms with van der Waals surface area (Å²) in [7, 11) is 1.62. The molecule has 1 fully saturated rings. The zero-order valence-corrected chi connectivity index (χ0v) is 22.6. The Kier molecular flexibility index (Phi) is 8.13. The smallest absolute Gasteiger partial charge is 0.320 e. The highest BCUT2D eigenvalue weighted by atomic mass is 19.1. The summed E-state index contributed by atoms with van der Waals surface area (Å²) in [4.78, 5) is 24.1. The Bertz CT molecular complexity index is 1460. The lowest BCUT2D eigenvalue weighted by molar-refractivity contribution is 0.159. The molecule has 11 heteroatoms. The van der Waals surface area contributed by atoms with Crippen molar-refractivity contribution in [3.05, 3.63) is 89.5 Å². The normalized spacial score (nSPS) is 17.2. The number of ether oxygens (including phenoxy) is 1. The fraction of sp³-hybridized carbons (Fsp3) is 0.310. The molecule has 5 rings (SSSR count). The van der Waals surface area contributed by atoms with E-state index < -0.39 is 23.7 Å². The molecule has 1 aliphatic heterocycles. The molecule has 1 aliphatic rings. The van der Waals surface area contributed by atoms with E-state index in [1.165, 1.54) is 12.1 Å². The molecule has 0 radical (unpaired) electrons. The summed E-state index contributed by atoms with van der Waals surface area (Å²) in [5.41, 5.74) is 3.36. The zero-order valence-electron chi connectivity index (χ0n) is 22.6. The molecule has 3 heterocycles. The molecule has 4 aromatic rings. The SMILES string of the molecule is COCCN1C[C@@H](NC(=O)Nc2c(C)c(-c3cnc(C)nc3)nn2-c2ccccc2)[C@H](c2cc(F)cc(F)c2)C1. The van der Waals surface area contributed by atoms with Crippen molar-refractivity contribution in [1.29, 1.82) is 0 Å². The van der Waals surface area contributed by atoms with Gasteiger partial charge in [-0.15, -0.1) is 0 Å². The lowest BCUT2D eigenvalue weighted by Gasteiger charge is -2.21. The molecule has 0 saturated carbocycles. The van der Waals surface area contributed by atoms with Crippen LogP contribution in [0.15, 0.2) is 60.9 Å². The van der Waals surface area contributed by atoms with Crippen molar-refractivity contribution in [1.82, 2.24) is 30.0 Å². The van der Waals surface area contributed by atoms with Gasteiger partial charge in [-0.05, 0) is 43.7 Å². The number of urea groups is 1. The molecule has 2 aromatic carbocycles. The summed E-state index contributed by atoms with van der Waals surface area (Å²) in [6.45, 7) is 5.84. The molecular weight excluding hydrogens is 516 g/mol. The van der Waals surface area contributed by atoms with Crippen LogP contribution in [0.1, 0.15) is 22.9 Å². The van der Waals surface area contributed by atoms with Crippen LogP contribution in [0.25, 0.3) is 16.9 Å². The monoisotopic (exact) mass is 547 g/mol. The number of nitrogens with one attached hydrogen (secondary N) is 2. The van der Waals surface area contributed by atoms with E-state index in [9.17, 15) is 13.6 Å². The number of para-hydroxylation sites is 1. The fourth-order valence-electron chi connectivity index (χ4n) is 5.06. The van der Waals surface area contributed by atoms with Crippen molar-refractivity contribution in [3.63, 3.8) is 0 Å². The van der Waals surface area contributed by atoms with E-state index in [4.69, 9.17) is 9.84 Å². The minimum Gasteiger partial charge on any atom is -0.383 e. The van der Waals surface area contributed by atoms with Gasteiger partial charge in [0.25, 0.3) is 0 Å². The van der Waals surface area contributed by atoms with Crippen LogP contribution < -0.4 is 10.6 Å².